The second kappa shape index (κ2) is 7.87. The van der Waals surface area contributed by atoms with Gasteiger partial charge in [0.2, 0.25) is 5.91 Å². The zero-order valence-electron chi connectivity index (χ0n) is 15.3. The zero-order chi connectivity index (χ0) is 18.7. The van der Waals surface area contributed by atoms with Crippen LogP contribution < -0.4 is 5.32 Å². The van der Waals surface area contributed by atoms with Crippen LogP contribution in [-0.4, -0.2) is 20.4 Å². The number of nitrogens with zero attached hydrogens (tertiary/aromatic N) is 3. The number of hydrogen-bond acceptors (Lipinski definition) is 3. The van der Waals surface area contributed by atoms with Crippen LogP contribution in [0, 0.1) is 6.92 Å². The molecule has 136 valence electrons. The minimum atomic E-state index is -0.115. The maximum absolute atomic E-state index is 11.4. The Bertz CT molecular complexity index is 948. The van der Waals surface area contributed by atoms with Crippen LogP contribution in [0.15, 0.2) is 30.3 Å². The molecule has 2 aromatic heterocycles. The Morgan fingerprint density at radius 1 is 1.27 bits per heavy atom. The number of benzene rings is 1. The highest BCUT2D eigenvalue weighted by Crippen LogP contribution is 2.25. The molecule has 1 aromatic carbocycles. The van der Waals surface area contributed by atoms with Crippen molar-refractivity contribution in [3.8, 4) is 0 Å². The smallest absolute Gasteiger partial charge is 0.221 e. The molecule has 0 fully saturated rings. The maximum Gasteiger partial charge on any atom is 0.221 e. The van der Waals surface area contributed by atoms with Gasteiger partial charge in [-0.15, -0.1) is 0 Å². The maximum atomic E-state index is 11.4. The van der Waals surface area contributed by atoms with Gasteiger partial charge in [0, 0.05) is 18.4 Å². The summed E-state index contributed by atoms with van der Waals surface area (Å²) in [7, 11) is 0. The first-order valence-corrected chi connectivity index (χ1v) is 9.25. The number of aromatic nitrogens is 3. The molecule has 5 nitrogen and oxygen atoms in total. The number of amides is 1. The van der Waals surface area contributed by atoms with Gasteiger partial charge in [0.1, 0.15) is 11.3 Å². The molecule has 1 amide bonds. The standard InChI is InChI=1S/C20H23ClN4O/c1-4-5-10-19-24-18-11-17(23-14(3)26)13(2)22-20(18)25(19)12-15-8-6-7-9-16(15)21/h6-9,11H,4-5,10,12H2,1-3H3,(H,23,26). The summed E-state index contributed by atoms with van der Waals surface area (Å²) < 4.78 is 2.14. The lowest BCUT2D eigenvalue weighted by molar-refractivity contribution is -0.114. The normalized spacial score (nSPS) is 11.1. The third-order valence-corrected chi connectivity index (χ3v) is 4.71. The molecule has 0 saturated carbocycles. The lowest BCUT2D eigenvalue weighted by Crippen LogP contribution is -2.09. The SMILES string of the molecule is CCCCc1nc2cc(NC(C)=O)c(C)nc2n1Cc1ccccc1Cl. The number of aryl methyl sites for hydroxylation is 2. The van der Waals surface area contributed by atoms with Crippen molar-refractivity contribution in [2.45, 2.75) is 46.6 Å². The Hall–Kier alpha value is -2.40. The minimum Gasteiger partial charge on any atom is -0.325 e. The van der Waals surface area contributed by atoms with E-state index >= 15 is 0 Å². The van der Waals surface area contributed by atoms with Gasteiger partial charge in [-0.05, 0) is 31.0 Å². The molecule has 0 bridgehead atoms. The number of imidazole rings is 1. The molecule has 6 heteroatoms. The molecular formula is C20H23ClN4O. The Kier molecular flexibility index (Phi) is 5.57. The average Bonchev–Trinajstić information content (AvgIpc) is 2.91. The van der Waals surface area contributed by atoms with Crippen LogP contribution in [0.25, 0.3) is 11.2 Å². The molecule has 0 aliphatic heterocycles. The van der Waals surface area contributed by atoms with Crippen molar-refractivity contribution < 1.29 is 4.79 Å². The Balaban J connectivity index is 2.10. The van der Waals surface area contributed by atoms with Gasteiger partial charge in [0.15, 0.2) is 5.65 Å². The average molecular weight is 371 g/mol. The minimum absolute atomic E-state index is 0.115. The number of carbonyl (C=O) groups is 1. The van der Waals surface area contributed by atoms with Gasteiger partial charge in [-0.25, -0.2) is 9.97 Å². The number of pyridine rings is 1. The fourth-order valence-corrected chi connectivity index (χ4v) is 3.19. The molecule has 0 saturated heterocycles. The summed E-state index contributed by atoms with van der Waals surface area (Å²) in [4.78, 5) is 20.9. The van der Waals surface area contributed by atoms with Crippen molar-refractivity contribution >= 4 is 34.4 Å². The fourth-order valence-electron chi connectivity index (χ4n) is 2.99. The summed E-state index contributed by atoms with van der Waals surface area (Å²) in [5.74, 6) is 0.879. The number of anilines is 1. The van der Waals surface area contributed by atoms with Crippen molar-refractivity contribution in [3.05, 3.63) is 52.4 Å². The first-order chi connectivity index (χ1) is 12.5. The summed E-state index contributed by atoms with van der Waals surface area (Å²) in [5.41, 5.74) is 4.13. The lowest BCUT2D eigenvalue weighted by Gasteiger charge is -2.11. The van der Waals surface area contributed by atoms with Crippen LogP contribution in [0.5, 0.6) is 0 Å². The molecule has 0 aliphatic carbocycles. The van der Waals surface area contributed by atoms with Gasteiger partial charge in [0.05, 0.1) is 17.9 Å². The summed E-state index contributed by atoms with van der Waals surface area (Å²) in [6, 6.07) is 9.74. The van der Waals surface area contributed by atoms with E-state index in [4.69, 9.17) is 21.6 Å². The van der Waals surface area contributed by atoms with Crippen LogP contribution in [-0.2, 0) is 17.8 Å². The van der Waals surface area contributed by atoms with Crippen molar-refractivity contribution in [3.63, 3.8) is 0 Å². The quantitative estimate of drug-likeness (QED) is 0.681. The van der Waals surface area contributed by atoms with Crippen LogP contribution in [0.1, 0.15) is 43.8 Å². The number of halogens is 1. The van der Waals surface area contributed by atoms with Crippen molar-refractivity contribution in [2.24, 2.45) is 0 Å². The number of unbranched alkanes of at least 4 members (excludes halogenated alkanes) is 1. The van der Waals surface area contributed by atoms with E-state index < -0.39 is 0 Å². The predicted octanol–water partition coefficient (Wildman–Crippen LogP) is 4.74. The topological polar surface area (TPSA) is 59.8 Å². The third kappa shape index (κ3) is 3.88. The van der Waals surface area contributed by atoms with Gasteiger partial charge >= 0.3 is 0 Å². The molecule has 0 spiro atoms. The summed E-state index contributed by atoms with van der Waals surface area (Å²) in [6.45, 7) is 6.18. The van der Waals surface area contributed by atoms with Crippen LogP contribution in [0.2, 0.25) is 5.02 Å². The van der Waals surface area contributed by atoms with E-state index in [0.29, 0.717) is 12.2 Å². The second-order valence-electron chi connectivity index (χ2n) is 6.45. The molecule has 26 heavy (non-hydrogen) atoms. The van der Waals surface area contributed by atoms with E-state index in [2.05, 4.69) is 16.8 Å². The van der Waals surface area contributed by atoms with E-state index in [1.165, 1.54) is 6.92 Å². The predicted molar refractivity (Wildman–Crippen MR) is 106 cm³/mol. The molecule has 1 N–H and O–H groups in total. The highest BCUT2D eigenvalue weighted by atomic mass is 35.5. The Morgan fingerprint density at radius 3 is 2.73 bits per heavy atom. The van der Waals surface area contributed by atoms with Crippen LogP contribution in [0.4, 0.5) is 5.69 Å². The van der Waals surface area contributed by atoms with Gasteiger partial charge < -0.3 is 9.88 Å². The summed E-state index contributed by atoms with van der Waals surface area (Å²) in [5, 5.41) is 3.56. The van der Waals surface area contributed by atoms with Crippen molar-refractivity contribution in [1.82, 2.24) is 14.5 Å². The second-order valence-corrected chi connectivity index (χ2v) is 6.86. The van der Waals surface area contributed by atoms with Gasteiger partial charge in [-0.1, -0.05) is 43.1 Å². The number of fused-ring (bicyclic) bond motifs is 1. The summed E-state index contributed by atoms with van der Waals surface area (Å²) in [6.07, 6.45) is 3.04. The fraction of sp³-hybridized carbons (Fsp3) is 0.350. The zero-order valence-corrected chi connectivity index (χ0v) is 16.1. The molecule has 0 unspecified atom stereocenters. The molecule has 3 rings (SSSR count). The highest BCUT2D eigenvalue weighted by Gasteiger charge is 2.16. The lowest BCUT2D eigenvalue weighted by atomic mass is 10.2. The molecule has 0 radical (unpaired) electrons. The number of carbonyl (C=O) groups excluding carboxylic acids is 1. The third-order valence-electron chi connectivity index (χ3n) is 4.34. The van der Waals surface area contributed by atoms with E-state index in [1.54, 1.807) is 0 Å². The molecule has 0 atom stereocenters. The number of hydrogen-bond donors (Lipinski definition) is 1. The van der Waals surface area contributed by atoms with E-state index in [-0.39, 0.29) is 5.91 Å². The number of rotatable bonds is 6. The highest BCUT2D eigenvalue weighted by molar-refractivity contribution is 6.31. The first-order valence-electron chi connectivity index (χ1n) is 8.87. The van der Waals surface area contributed by atoms with Crippen LogP contribution in [0.3, 0.4) is 0 Å². The van der Waals surface area contributed by atoms with Gasteiger partial charge in [0.25, 0.3) is 0 Å². The van der Waals surface area contributed by atoms with Crippen molar-refractivity contribution in [2.75, 3.05) is 5.32 Å². The molecule has 3 aromatic rings. The van der Waals surface area contributed by atoms with Gasteiger partial charge in [-0.3, -0.25) is 4.79 Å². The molecule has 0 aliphatic rings. The van der Waals surface area contributed by atoms with Crippen LogP contribution >= 0.6 is 11.6 Å². The first kappa shape index (κ1) is 18.4. The molecule has 2 heterocycles. The largest absolute Gasteiger partial charge is 0.325 e. The van der Waals surface area contributed by atoms with E-state index in [9.17, 15) is 4.79 Å². The Morgan fingerprint density at radius 2 is 2.04 bits per heavy atom. The van der Waals surface area contributed by atoms with E-state index in [1.807, 2.05) is 37.3 Å². The molecular weight excluding hydrogens is 348 g/mol. The summed E-state index contributed by atoms with van der Waals surface area (Å²) >= 11 is 6.36. The Labute approximate surface area is 158 Å². The van der Waals surface area contributed by atoms with Crippen molar-refractivity contribution in [1.29, 1.82) is 0 Å². The van der Waals surface area contributed by atoms with Gasteiger partial charge in [-0.2, -0.15) is 0 Å². The van der Waals surface area contributed by atoms with E-state index in [0.717, 1.165) is 52.5 Å². The monoisotopic (exact) mass is 370 g/mol. The number of nitrogens with one attached hydrogen (secondary N) is 1.